The Labute approximate surface area is 192 Å². The zero-order valence-corrected chi connectivity index (χ0v) is 19.4. The van der Waals surface area contributed by atoms with Crippen LogP contribution in [0.15, 0.2) is 23.8 Å². The van der Waals surface area contributed by atoms with Crippen molar-refractivity contribution in [2.75, 3.05) is 6.61 Å². The number of fused-ring (bicyclic) bond motifs is 5. The molecule has 0 amide bonds. The molecule has 182 valence electrons. The van der Waals surface area contributed by atoms with Crippen molar-refractivity contribution in [1.29, 1.82) is 0 Å². The van der Waals surface area contributed by atoms with Crippen molar-refractivity contribution < 1.29 is 38.1 Å². The molecular weight excluding hydrogens is 434 g/mol. The van der Waals surface area contributed by atoms with Gasteiger partial charge in [0.1, 0.15) is 12.8 Å². The minimum absolute atomic E-state index is 0.00452. The summed E-state index contributed by atoms with van der Waals surface area (Å²) in [5.74, 6) is -3.89. The molecule has 0 aromatic carbocycles. The minimum atomic E-state index is -2.28. The van der Waals surface area contributed by atoms with E-state index in [0.29, 0.717) is 0 Å². The van der Waals surface area contributed by atoms with Crippen molar-refractivity contribution in [2.24, 2.45) is 28.6 Å². The highest BCUT2D eigenvalue weighted by Crippen LogP contribution is 2.71. The Morgan fingerprint density at radius 2 is 1.91 bits per heavy atom. The van der Waals surface area contributed by atoms with Crippen LogP contribution in [-0.2, 0) is 19.1 Å². The van der Waals surface area contributed by atoms with E-state index >= 15 is 8.78 Å². The fourth-order valence-electron chi connectivity index (χ4n) is 7.76. The van der Waals surface area contributed by atoms with Gasteiger partial charge in [-0.3, -0.25) is 14.4 Å². The number of esters is 1. The standard InChI is InChI=1S/C25H32F2O6/c1-5-21(32)33-25(20(31)12-28)13(2)8-15-16-10-18(26)17-9-14(29)6-7-22(17,3)24(16,27)19(30)11-23(15,25)4/h6-7,9,13,15-16,18-19,28,30H,5,8,10-12H2,1-4H3. The molecular formula is C25H32F2O6. The van der Waals surface area contributed by atoms with Crippen molar-refractivity contribution in [1.82, 2.24) is 0 Å². The first-order valence-electron chi connectivity index (χ1n) is 11.7. The van der Waals surface area contributed by atoms with Crippen LogP contribution < -0.4 is 0 Å². The van der Waals surface area contributed by atoms with Crippen LogP contribution in [0.25, 0.3) is 0 Å². The fraction of sp³-hybridized carbons (Fsp3) is 0.720. The first-order valence-corrected chi connectivity index (χ1v) is 11.7. The Hall–Kier alpha value is -1.93. The number of carbonyl (C=O) groups excluding carboxylic acids is 3. The topological polar surface area (TPSA) is 101 Å². The molecule has 0 bridgehead atoms. The van der Waals surface area contributed by atoms with Crippen LogP contribution in [0.5, 0.6) is 0 Å². The van der Waals surface area contributed by atoms with Gasteiger partial charge in [-0.2, -0.15) is 0 Å². The fourth-order valence-corrected chi connectivity index (χ4v) is 7.76. The zero-order chi connectivity index (χ0) is 24.6. The van der Waals surface area contributed by atoms with Crippen LogP contribution >= 0.6 is 0 Å². The van der Waals surface area contributed by atoms with Crippen LogP contribution in [-0.4, -0.2) is 57.9 Å². The summed E-state index contributed by atoms with van der Waals surface area (Å²) in [6.45, 7) is 5.62. The predicted molar refractivity (Wildman–Crippen MR) is 114 cm³/mol. The molecule has 3 saturated carbocycles. The van der Waals surface area contributed by atoms with Crippen molar-refractivity contribution >= 4 is 17.5 Å². The molecule has 8 heteroatoms. The summed E-state index contributed by atoms with van der Waals surface area (Å²) >= 11 is 0. The van der Waals surface area contributed by atoms with E-state index < -0.39 is 76.3 Å². The monoisotopic (exact) mass is 466 g/mol. The molecule has 3 fully saturated rings. The van der Waals surface area contributed by atoms with Gasteiger partial charge in [-0.1, -0.05) is 26.8 Å². The number of ketones is 2. The van der Waals surface area contributed by atoms with Crippen molar-refractivity contribution in [3.63, 3.8) is 0 Å². The first-order chi connectivity index (χ1) is 15.3. The number of hydrogen-bond donors (Lipinski definition) is 2. The summed E-state index contributed by atoms with van der Waals surface area (Å²) in [6.07, 6.45) is 0.299. The molecule has 0 aromatic heterocycles. The molecule has 0 aliphatic heterocycles. The summed E-state index contributed by atoms with van der Waals surface area (Å²) in [5, 5.41) is 21.1. The number of carbonyl (C=O) groups is 3. The lowest BCUT2D eigenvalue weighted by Gasteiger charge is -2.63. The lowest BCUT2D eigenvalue weighted by Crippen LogP contribution is -2.71. The van der Waals surface area contributed by atoms with Gasteiger partial charge in [0.2, 0.25) is 5.78 Å². The molecule has 6 nitrogen and oxygen atoms in total. The van der Waals surface area contributed by atoms with E-state index in [1.165, 1.54) is 19.1 Å². The van der Waals surface area contributed by atoms with E-state index in [2.05, 4.69) is 0 Å². The third-order valence-corrected chi connectivity index (χ3v) is 9.29. The molecule has 0 heterocycles. The highest BCUT2D eigenvalue weighted by molar-refractivity contribution is 6.01. The quantitative estimate of drug-likeness (QED) is 0.618. The Balaban J connectivity index is 1.88. The lowest BCUT2D eigenvalue weighted by atomic mass is 9.44. The number of aliphatic hydroxyl groups is 2. The third-order valence-electron chi connectivity index (χ3n) is 9.29. The average Bonchev–Trinajstić information content (AvgIpc) is 2.98. The van der Waals surface area contributed by atoms with Crippen LogP contribution in [0.2, 0.25) is 0 Å². The average molecular weight is 467 g/mol. The third kappa shape index (κ3) is 2.80. The maximum atomic E-state index is 17.2. The number of allylic oxidation sites excluding steroid dienone is 4. The molecule has 4 aliphatic rings. The Kier molecular flexibility index (Phi) is 5.53. The summed E-state index contributed by atoms with van der Waals surface area (Å²) in [4.78, 5) is 37.5. The van der Waals surface area contributed by atoms with Gasteiger partial charge in [-0.15, -0.1) is 0 Å². The van der Waals surface area contributed by atoms with Crippen molar-refractivity contribution in [2.45, 2.75) is 76.9 Å². The second-order valence-electron chi connectivity index (χ2n) is 10.6. The smallest absolute Gasteiger partial charge is 0.306 e. The van der Waals surface area contributed by atoms with E-state index in [9.17, 15) is 24.6 Å². The molecule has 9 unspecified atom stereocenters. The van der Waals surface area contributed by atoms with Crippen LogP contribution in [0, 0.1) is 28.6 Å². The number of Topliss-reactive ketones (excluding diaryl/α,β-unsaturated/α-hetero) is 1. The van der Waals surface area contributed by atoms with Crippen molar-refractivity contribution in [3.8, 4) is 0 Å². The summed E-state index contributed by atoms with van der Waals surface area (Å²) in [5.41, 5.74) is -6.74. The Bertz CT molecular complexity index is 961. The van der Waals surface area contributed by atoms with Crippen molar-refractivity contribution in [3.05, 3.63) is 23.8 Å². The molecule has 4 rings (SSSR count). The minimum Gasteiger partial charge on any atom is -0.450 e. The van der Waals surface area contributed by atoms with Gasteiger partial charge in [-0.25, -0.2) is 8.78 Å². The maximum Gasteiger partial charge on any atom is 0.306 e. The van der Waals surface area contributed by atoms with E-state index in [4.69, 9.17) is 4.74 Å². The zero-order valence-electron chi connectivity index (χ0n) is 19.4. The molecule has 4 aliphatic carbocycles. The second-order valence-corrected chi connectivity index (χ2v) is 10.6. The van der Waals surface area contributed by atoms with Gasteiger partial charge in [-0.05, 0) is 49.8 Å². The van der Waals surface area contributed by atoms with Gasteiger partial charge in [0.15, 0.2) is 17.1 Å². The Morgan fingerprint density at radius 1 is 1.24 bits per heavy atom. The molecule has 2 N–H and O–H groups in total. The molecule has 33 heavy (non-hydrogen) atoms. The number of aliphatic hydroxyl groups excluding tert-OH is 2. The maximum absolute atomic E-state index is 17.2. The number of halogens is 2. The molecule has 0 radical (unpaired) electrons. The summed E-state index contributed by atoms with van der Waals surface area (Å²) in [7, 11) is 0. The van der Waals surface area contributed by atoms with Gasteiger partial charge in [0.25, 0.3) is 0 Å². The summed E-state index contributed by atoms with van der Waals surface area (Å²) < 4.78 is 38.4. The van der Waals surface area contributed by atoms with E-state index in [-0.39, 0.29) is 31.3 Å². The van der Waals surface area contributed by atoms with Crippen LogP contribution in [0.3, 0.4) is 0 Å². The second kappa shape index (κ2) is 7.54. The van der Waals surface area contributed by atoms with Gasteiger partial charge in [0.05, 0.1) is 6.10 Å². The number of rotatable bonds is 4. The molecule has 0 aromatic rings. The normalized spacial score (nSPS) is 48.4. The Morgan fingerprint density at radius 3 is 2.52 bits per heavy atom. The number of ether oxygens (including phenoxy) is 1. The largest absolute Gasteiger partial charge is 0.450 e. The molecule has 0 spiro atoms. The van der Waals surface area contributed by atoms with Gasteiger partial charge in [0, 0.05) is 29.1 Å². The van der Waals surface area contributed by atoms with Crippen LogP contribution in [0.1, 0.15) is 53.4 Å². The van der Waals surface area contributed by atoms with E-state index in [0.717, 1.165) is 6.08 Å². The van der Waals surface area contributed by atoms with E-state index in [1.54, 1.807) is 20.8 Å². The SMILES string of the molecule is CCC(=O)OC1(C(=O)CO)C(C)CC2C3CC(F)C4=CC(=O)C=CC4(C)C3(F)C(O)CC21C. The first kappa shape index (κ1) is 24.2. The highest BCUT2D eigenvalue weighted by Gasteiger charge is 2.77. The summed E-state index contributed by atoms with van der Waals surface area (Å²) in [6, 6.07) is 0. The van der Waals surface area contributed by atoms with E-state index in [1.807, 2.05) is 0 Å². The van der Waals surface area contributed by atoms with Gasteiger partial charge >= 0.3 is 5.97 Å². The molecule has 9 atom stereocenters. The van der Waals surface area contributed by atoms with Crippen LogP contribution in [0.4, 0.5) is 8.78 Å². The number of hydrogen-bond acceptors (Lipinski definition) is 6. The lowest BCUT2D eigenvalue weighted by molar-refractivity contribution is -0.231. The molecule has 0 saturated heterocycles. The predicted octanol–water partition coefficient (Wildman–Crippen LogP) is 2.80. The van der Waals surface area contributed by atoms with Gasteiger partial charge < -0.3 is 14.9 Å². The number of alkyl halides is 2. The highest BCUT2D eigenvalue weighted by atomic mass is 19.1.